The van der Waals surface area contributed by atoms with Gasteiger partial charge in [0.2, 0.25) is 5.91 Å². The van der Waals surface area contributed by atoms with Crippen molar-refractivity contribution in [1.29, 1.82) is 0 Å². The van der Waals surface area contributed by atoms with Crippen molar-refractivity contribution >= 4 is 17.6 Å². The second kappa shape index (κ2) is 6.22. The highest BCUT2D eigenvalue weighted by molar-refractivity contribution is 5.93. The van der Waals surface area contributed by atoms with Gasteiger partial charge in [-0.1, -0.05) is 6.07 Å². The molecule has 0 aliphatic heterocycles. The van der Waals surface area contributed by atoms with E-state index in [0.29, 0.717) is 12.1 Å². The van der Waals surface area contributed by atoms with Crippen molar-refractivity contribution < 1.29 is 14.3 Å². The van der Waals surface area contributed by atoms with Gasteiger partial charge < -0.3 is 15.8 Å². The third-order valence-corrected chi connectivity index (χ3v) is 2.23. The monoisotopic (exact) mass is 264 g/mol. The number of hydrogen-bond donors (Lipinski definition) is 2. The van der Waals surface area contributed by atoms with Crippen LogP contribution in [0.1, 0.15) is 37.6 Å². The predicted octanol–water partition coefficient (Wildman–Crippen LogP) is 1.93. The molecule has 104 valence electrons. The first-order valence-electron chi connectivity index (χ1n) is 6.13. The predicted molar refractivity (Wildman–Crippen MR) is 73.9 cm³/mol. The van der Waals surface area contributed by atoms with E-state index >= 15 is 0 Å². The van der Waals surface area contributed by atoms with Gasteiger partial charge in [0, 0.05) is 17.8 Å². The lowest BCUT2D eigenvalue weighted by atomic mass is 10.2. The van der Waals surface area contributed by atoms with Gasteiger partial charge in [0.1, 0.15) is 5.60 Å². The van der Waals surface area contributed by atoms with E-state index in [9.17, 15) is 9.59 Å². The highest BCUT2D eigenvalue weighted by Gasteiger charge is 2.15. The Bertz CT molecular complexity index is 464. The van der Waals surface area contributed by atoms with Gasteiger partial charge in [0.05, 0.1) is 6.42 Å². The minimum absolute atomic E-state index is 0.258. The maximum Gasteiger partial charge on any atom is 0.308 e. The molecule has 0 unspecified atom stereocenters. The van der Waals surface area contributed by atoms with Gasteiger partial charge in [-0.3, -0.25) is 9.59 Å². The molecule has 0 fully saturated rings. The standard InChI is InChI=1S/C14H20N2O3/c1-14(2,3)19-12(17)7-8-16-11-6-4-5-10(9-11)13(15)18/h4-6,9,16H,7-8H2,1-3H3,(H2,15,18). The molecule has 5 heteroatoms. The Hall–Kier alpha value is -2.04. The molecule has 1 rings (SSSR count). The number of carbonyl (C=O) groups is 2. The van der Waals surface area contributed by atoms with Crippen molar-refractivity contribution in [2.75, 3.05) is 11.9 Å². The molecule has 1 aromatic rings. The van der Waals surface area contributed by atoms with E-state index in [4.69, 9.17) is 10.5 Å². The van der Waals surface area contributed by atoms with E-state index in [0.717, 1.165) is 5.69 Å². The fraction of sp³-hybridized carbons (Fsp3) is 0.429. The van der Waals surface area contributed by atoms with Gasteiger partial charge in [0.25, 0.3) is 0 Å². The summed E-state index contributed by atoms with van der Waals surface area (Å²) >= 11 is 0. The van der Waals surface area contributed by atoms with E-state index in [1.165, 1.54) is 0 Å². The highest BCUT2D eigenvalue weighted by Crippen LogP contribution is 2.11. The minimum Gasteiger partial charge on any atom is -0.460 e. The molecule has 0 aliphatic carbocycles. The summed E-state index contributed by atoms with van der Waals surface area (Å²) in [5.41, 5.74) is 5.90. The van der Waals surface area contributed by atoms with Crippen LogP contribution >= 0.6 is 0 Å². The van der Waals surface area contributed by atoms with Gasteiger partial charge in [-0.15, -0.1) is 0 Å². The molecular formula is C14H20N2O3. The number of esters is 1. The highest BCUT2D eigenvalue weighted by atomic mass is 16.6. The smallest absolute Gasteiger partial charge is 0.308 e. The zero-order chi connectivity index (χ0) is 14.5. The zero-order valence-electron chi connectivity index (χ0n) is 11.5. The van der Waals surface area contributed by atoms with Crippen LogP contribution in [-0.2, 0) is 9.53 Å². The molecule has 0 spiro atoms. The molecule has 0 saturated heterocycles. The molecule has 0 radical (unpaired) electrons. The quantitative estimate of drug-likeness (QED) is 0.796. The number of nitrogens with two attached hydrogens (primary N) is 1. The lowest BCUT2D eigenvalue weighted by Gasteiger charge is -2.19. The topological polar surface area (TPSA) is 81.4 Å². The first-order chi connectivity index (χ1) is 8.78. The second-order valence-corrected chi connectivity index (χ2v) is 5.21. The third kappa shape index (κ3) is 5.90. The Morgan fingerprint density at radius 2 is 2.00 bits per heavy atom. The van der Waals surface area contributed by atoms with Crippen LogP contribution in [0.25, 0.3) is 0 Å². The number of primary amides is 1. The number of amides is 1. The summed E-state index contributed by atoms with van der Waals surface area (Å²) < 4.78 is 5.18. The van der Waals surface area contributed by atoms with Crippen LogP contribution in [0.2, 0.25) is 0 Å². The molecule has 0 aromatic heterocycles. The van der Waals surface area contributed by atoms with Crippen LogP contribution < -0.4 is 11.1 Å². The van der Waals surface area contributed by atoms with Crippen molar-refractivity contribution in [1.82, 2.24) is 0 Å². The summed E-state index contributed by atoms with van der Waals surface area (Å²) in [6.45, 7) is 5.93. The number of carbonyl (C=O) groups excluding carboxylic acids is 2. The molecule has 0 bridgehead atoms. The Morgan fingerprint density at radius 1 is 1.32 bits per heavy atom. The van der Waals surface area contributed by atoms with Crippen molar-refractivity contribution in [2.24, 2.45) is 5.73 Å². The Balaban J connectivity index is 2.43. The van der Waals surface area contributed by atoms with Gasteiger partial charge in [-0.2, -0.15) is 0 Å². The van der Waals surface area contributed by atoms with Crippen LogP contribution in [0.3, 0.4) is 0 Å². The van der Waals surface area contributed by atoms with Crippen molar-refractivity contribution in [3.8, 4) is 0 Å². The molecule has 5 nitrogen and oxygen atoms in total. The van der Waals surface area contributed by atoms with E-state index in [1.54, 1.807) is 18.2 Å². The Kier molecular flexibility index (Phi) is 4.92. The van der Waals surface area contributed by atoms with Crippen LogP contribution in [0.15, 0.2) is 24.3 Å². The molecule has 0 aliphatic rings. The van der Waals surface area contributed by atoms with Gasteiger partial charge >= 0.3 is 5.97 Å². The van der Waals surface area contributed by atoms with Gasteiger partial charge in [0.15, 0.2) is 0 Å². The Morgan fingerprint density at radius 3 is 2.58 bits per heavy atom. The van der Waals surface area contributed by atoms with Crippen molar-refractivity contribution in [3.63, 3.8) is 0 Å². The number of rotatable bonds is 5. The van der Waals surface area contributed by atoms with Crippen molar-refractivity contribution in [2.45, 2.75) is 32.8 Å². The number of anilines is 1. The molecule has 0 atom stereocenters. The molecule has 19 heavy (non-hydrogen) atoms. The third-order valence-electron chi connectivity index (χ3n) is 2.23. The summed E-state index contributed by atoms with van der Waals surface area (Å²) in [5.74, 6) is -0.734. The van der Waals surface area contributed by atoms with E-state index in [1.807, 2.05) is 26.8 Å². The maximum absolute atomic E-state index is 11.5. The van der Waals surface area contributed by atoms with Crippen LogP contribution in [0.4, 0.5) is 5.69 Å². The number of ether oxygens (including phenoxy) is 1. The van der Waals surface area contributed by atoms with Gasteiger partial charge in [-0.05, 0) is 39.0 Å². The molecule has 1 amide bonds. The number of benzene rings is 1. The van der Waals surface area contributed by atoms with Crippen LogP contribution in [0, 0.1) is 0 Å². The molecule has 1 aromatic carbocycles. The lowest BCUT2D eigenvalue weighted by molar-refractivity contribution is -0.154. The first-order valence-corrected chi connectivity index (χ1v) is 6.13. The van der Waals surface area contributed by atoms with E-state index < -0.39 is 11.5 Å². The minimum atomic E-state index is -0.476. The first kappa shape index (κ1) is 15.0. The maximum atomic E-state index is 11.5. The van der Waals surface area contributed by atoms with Crippen molar-refractivity contribution in [3.05, 3.63) is 29.8 Å². The summed E-state index contributed by atoms with van der Waals surface area (Å²) in [4.78, 5) is 22.5. The molecule has 3 N–H and O–H groups in total. The van der Waals surface area contributed by atoms with Crippen LogP contribution in [0.5, 0.6) is 0 Å². The summed E-state index contributed by atoms with van der Waals surface area (Å²) in [5, 5.41) is 3.05. The summed E-state index contributed by atoms with van der Waals surface area (Å²) in [6.07, 6.45) is 0.262. The van der Waals surface area contributed by atoms with E-state index in [2.05, 4.69) is 5.32 Å². The Labute approximate surface area is 113 Å². The largest absolute Gasteiger partial charge is 0.460 e. The normalized spacial score (nSPS) is 10.9. The molecular weight excluding hydrogens is 244 g/mol. The summed E-state index contributed by atoms with van der Waals surface area (Å²) in [7, 11) is 0. The summed E-state index contributed by atoms with van der Waals surface area (Å²) in [6, 6.07) is 6.83. The lowest BCUT2D eigenvalue weighted by Crippen LogP contribution is -2.25. The molecule has 0 saturated carbocycles. The van der Waals surface area contributed by atoms with Gasteiger partial charge in [-0.25, -0.2) is 0 Å². The fourth-order valence-corrected chi connectivity index (χ4v) is 1.48. The number of nitrogens with one attached hydrogen (secondary N) is 1. The zero-order valence-corrected chi connectivity index (χ0v) is 11.5. The molecule has 0 heterocycles. The second-order valence-electron chi connectivity index (χ2n) is 5.21. The van der Waals surface area contributed by atoms with E-state index in [-0.39, 0.29) is 12.4 Å². The SMILES string of the molecule is CC(C)(C)OC(=O)CCNc1cccc(C(N)=O)c1. The fourth-order valence-electron chi connectivity index (χ4n) is 1.48. The average molecular weight is 264 g/mol. The number of hydrogen-bond acceptors (Lipinski definition) is 4. The average Bonchev–Trinajstić information content (AvgIpc) is 2.27. The van der Waals surface area contributed by atoms with Crippen LogP contribution in [-0.4, -0.2) is 24.0 Å².